The summed E-state index contributed by atoms with van der Waals surface area (Å²) in [6.45, 7) is 0.924. The average Bonchev–Trinajstić information content (AvgIpc) is 3.39. The largest absolute Gasteiger partial charge is 0.481 e. The molecule has 0 fully saturated rings. The number of hydrogen-bond acceptors (Lipinski definition) is 5. The predicted molar refractivity (Wildman–Crippen MR) is 117 cm³/mol. The van der Waals surface area contributed by atoms with Crippen LogP contribution in [0, 0.1) is 5.92 Å². The third-order valence-electron chi connectivity index (χ3n) is 4.69. The number of allylic oxidation sites excluding steroid dienone is 1. The summed E-state index contributed by atoms with van der Waals surface area (Å²) in [5.74, 6) is -1.37. The van der Waals surface area contributed by atoms with Gasteiger partial charge in [0.25, 0.3) is 0 Å². The van der Waals surface area contributed by atoms with Crippen LogP contribution in [0.1, 0.15) is 16.1 Å². The van der Waals surface area contributed by atoms with Crippen molar-refractivity contribution in [3.8, 4) is 11.3 Å². The van der Waals surface area contributed by atoms with Crippen LogP contribution < -0.4 is 0 Å². The summed E-state index contributed by atoms with van der Waals surface area (Å²) < 4.78 is 0. The van der Waals surface area contributed by atoms with Crippen molar-refractivity contribution in [2.24, 2.45) is 11.0 Å². The molecule has 0 bridgehead atoms. The summed E-state index contributed by atoms with van der Waals surface area (Å²) in [6, 6.07) is 18.7. The molecule has 4 rings (SSSR count). The SMILES string of the molecule is O=C(O)C1C=NN(Cc2nc(-c3cccc(/C=C/Cc4ccccc4)c3)cs2)C1. The van der Waals surface area contributed by atoms with Gasteiger partial charge in [0.1, 0.15) is 10.9 Å². The second kappa shape index (κ2) is 8.84. The van der Waals surface area contributed by atoms with Crippen LogP contribution in [0.2, 0.25) is 0 Å². The zero-order valence-corrected chi connectivity index (χ0v) is 16.6. The van der Waals surface area contributed by atoms with Crippen molar-refractivity contribution in [3.05, 3.63) is 82.2 Å². The van der Waals surface area contributed by atoms with Crippen LogP contribution in [0.3, 0.4) is 0 Å². The van der Waals surface area contributed by atoms with Gasteiger partial charge in [-0.3, -0.25) is 9.80 Å². The number of benzene rings is 2. The summed E-state index contributed by atoms with van der Waals surface area (Å²) in [5.41, 5.74) is 4.43. The summed E-state index contributed by atoms with van der Waals surface area (Å²) in [7, 11) is 0. The van der Waals surface area contributed by atoms with E-state index in [9.17, 15) is 4.79 Å². The van der Waals surface area contributed by atoms with E-state index in [0.29, 0.717) is 13.1 Å². The van der Waals surface area contributed by atoms with Gasteiger partial charge in [0.05, 0.1) is 18.8 Å². The molecule has 0 spiro atoms. The molecule has 1 unspecified atom stereocenters. The molecule has 0 saturated heterocycles. The summed E-state index contributed by atoms with van der Waals surface area (Å²) >= 11 is 1.57. The van der Waals surface area contributed by atoms with Gasteiger partial charge >= 0.3 is 5.97 Å². The Morgan fingerprint density at radius 1 is 1.21 bits per heavy atom. The second-order valence-corrected chi connectivity index (χ2v) is 7.84. The first kappa shape index (κ1) is 19.1. The first-order chi connectivity index (χ1) is 14.2. The molecule has 1 aliphatic heterocycles. The van der Waals surface area contributed by atoms with E-state index >= 15 is 0 Å². The van der Waals surface area contributed by atoms with Gasteiger partial charge in [0, 0.05) is 17.2 Å². The molecule has 146 valence electrons. The monoisotopic (exact) mass is 403 g/mol. The van der Waals surface area contributed by atoms with Gasteiger partial charge in [-0.25, -0.2) is 4.98 Å². The van der Waals surface area contributed by atoms with E-state index in [-0.39, 0.29) is 0 Å². The minimum absolute atomic E-state index is 0.395. The molecule has 0 radical (unpaired) electrons. The Kier molecular flexibility index (Phi) is 5.81. The minimum atomic E-state index is -0.840. The average molecular weight is 404 g/mol. The van der Waals surface area contributed by atoms with Crippen molar-refractivity contribution < 1.29 is 9.90 Å². The van der Waals surface area contributed by atoms with E-state index in [0.717, 1.165) is 28.2 Å². The molecule has 0 saturated carbocycles. The normalized spacial score (nSPS) is 16.0. The zero-order chi connectivity index (χ0) is 20.1. The van der Waals surface area contributed by atoms with E-state index in [4.69, 9.17) is 10.1 Å². The van der Waals surface area contributed by atoms with E-state index in [1.54, 1.807) is 16.3 Å². The van der Waals surface area contributed by atoms with Crippen LogP contribution in [-0.4, -0.2) is 33.8 Å². The van der Waals surface area contributed by atoms with E-state index in [2.05, 4.69) is 59.7 Å². The fraction of sp³-hybridized carbons (Fsp3) is 0.174. The number of carbonyl (C=O) groups is 1. The van der Waals surface area contributed by atoms with Crippen molar-refractivity contribution in [1.29, 1.82) is 0 Å². The summed E-state index contributed by atoms with van der Waals surface area (Å²) in [6.07, 6.45) is 6.70. The quantitative estimate of drug-likeness (QED) is 0.628. The topological polar surface area (TPSA) is 65.8 Å². The minimum Gasteiger partial charge on any atom is -0.481 e. The molecule has 6 heteroatoms. The van der Waals surface area contributed by atoms with Crippen LogP contribution in [0.4, 0.5) is 0 Å². The molecule has 1 N–H and O–H groups in total. The van der Waals surface area contributed by atoms with E-state index in [1.165, 1.54) is 11.8 Å². The smallest absolute Gasteiger partial charge is 0.313 e. The van der Waals surface area contributed by atoms with E-state index in [1.807, 2.05) is 17.5 Å². The Labute approximate surface area is 173 Å². The third-order valence-corrected chi connectivity index (χ3v) is 5.53. The lowest BCUT2D eigenvalue weighted by molar-refractivity contribution is -0.139. The molecule has 2 heterocycles. The number of carboxylic acid groups (broad SMARTS) is 1. The van der Waals surface area contributed by atoms with Gasteiger partial charge < -0.3 is 5.11 Å². The number of nitrogens with zero attached hydrogens (tertiary/aromatic N) is 3. The molecular formula is C23H21N3O2S. The van der Waals surface area contributed by atoms with Crippen molar-refractivity contribution in [2.75, 3.05) is 6.54 Å². The second-order valence-electron chi connectivity index (χ2n) is 6.90. The molecule has 0 amide bonds. The van der Waals surface area contributed by atoms with Gasteiger partial charge in [0.15, 0.2) is 0 Å². The number of thiazole rings is 1. The summed E-state index contributed by atoms with van der Waals surface area (Å²) in [4.78, 5) is 15.8. The van der Waals surface area contributed by atoms with Crippen LogP contribution in [0.5, 0.6) is 0 Å². The Balaban J connectivity index is 1.40. The number of rotatable bonds is 7. The molecule has 2 aromatic carbocycles. The molecular weight excluding hydrogens is 382 g/mol. The van der Waals surface area contributed by atoms with Gasteiger partial charge in [0.2, 0.25) is 0 Å². The van der Waals surface area contributed by atoms with Crippen LogP contribution >= 0.6 is 11.3 Å². The Hall–Kier alpha value is -3.25. The number of carboxylic acids is 1. The molecule has 1 aliphatic rings. The molecule has 3 aromatic rings. The number of aliphatic carboxylic acids is 1. The maximum Gasteiger partial charge on any atom is 0.313 e. The van der Waals surface area contributed by atoms with Crippen molar-refractivity contribution >= 4 is 29.6 Å². The van der Waals surface area contributed by atoms with Gasteiger partial charge in [-0.15, -0.1) is 11.3 Å². The molecule has 1 atom stereocenters. The highest BCUT2D eigenvalue weighted by molar-refractivity contribution is 7.09. The predicted octanol–water partition coefficient (Wildman–Crippen LogP) is 4.57. The van der Waals surface area contributed by atoms with Gasteiger partial charge in [-0.2, -0.15) is 5.10 Å². The fourth-order valence-corrected chi connectivity index (χ4v) is 3.97. The molecule has 5 nitrogen and oxygen atoms in total. The lowest BCUT2D eigenvalue weighted by Gasteiger charge is -2.12. The Bertz CT molecular complexity index is 1040. The molecule has 29 heavy (non-hydrogen) atoms. The molecule has 1 aromatic heterocycles. The molecule has 0 aliphatic carbocycles. The van der Waals surface area contributed by atoms with Crippen molar-refractivity contribution in [1.82, 2.24) is 9.99 Å². The van der Waals surface area contributed by atoms with Crippen LogP contribution in [0.15, 0.2) is 71.2 Å². The van der Waals surface area contributed by atoms with Gasteiger partial charge in [-0.1, -0.05) is 60.7 Å². The van der Waals surface area contributed by atoms with Crippen molar-refractivity contribution in [2.45, 2.75) is 13.0 Å². The lowest BCUT2D eigenvalue weighted by Crippen LogP contribution is -2.23. The fourth-order valence-electron chi connectivity index (χ4n) is 3.16. The standard InChI is InChI=1S/C23H21N3O2S/c27-23(28)20-13-24-26(14-20)15-22-25-21(16-29-22)19-11-5-10-18(12-19)9-4-8-17-6-2-1-3-7-17/h1-7,9-13,16,20H,8,14-15H2,(H,27,28)/b9-4+. The first-order valence-electron chi connectivity index (χ1n) is 9.44. The van der Waals surface area contributed by atoms with Gasteiger partial charge in [-0.05, 0) is 23.6 Å². The van der Waals surface area contributed by atoms with Crippen LogP contribution in [0.25, 0.3) is 17.3 Å². The first-order valence-corrected chi connectivity index (χ1v) is 10.3. The highest BCUT2D eigenvalue weighted by atomic mass is 32.1. The maximum atomic E-state index is 11.0. The lowest BCUT2D eigenvalue weighted by atomic mass is 10.1. The van der Waals surface area contributed by atoms with Crippen molar-refractivity contribution in [3.63, 3.8) is 0 Å². The highest BCUT2D eigenvalue weighted by Gasteiger charge is 2.24. The van der Waals surface area contributed by atoms with E-state index < -0.39 is 11.9 Å². The Morgan fingerprint density at radius 2 is 2.07 bits per heavy atom. The highest BCUT2D eigenvalue weighted by Crippen LogP contribution is 2.25. The Morgan fingerprint density at radius 3 is 2.86 bits per heavy atom. The van der Waals surface area contributed by atoms with Crippen LogP contribution in [-0.2, 0) is 17.8 Å². The summed E-state index contributed by atoms with van der Waals surface area (Å²) in [5, 5.41) is 18.0. The number of hydrogen-bond donors (Lipinski definition) is 1. The number of hydrazone groups is 1. The third kappa shape index (κ3) is 4.97. The zero-order valence-electron chi connectivity index (χ0n) is 15.8. The maximum absolute atomic E-state index is 11.0. The number of aromatic nitrogens is 1.